The number of nitrogens with zero attached hydrogens (tertiary/aromatic N) is 1. The lowest BCUT2D eigenvalue weighted by molar-refractivity contribution is -0.0348. The Hall–Kier alpha value is -1.53. The molecule has 1 aliphatic rings. The summed E-state index contributed by atoms with van der Waals surface area (Å²) in [5.74, 6) is 0.796. The molecule has 1 saturated heterocycles. The number of halogens is 2. The van der Waals surface area contributed by atoms with E-state index in [1.807, 2.05) is 12.1 Å². The quantitative estimate of drug-likeness (QED) is 0.824. The maximum atomic E-state index is 11.8. The van der Waals surface area contributed by atoms with Crippen molar-refractivity contribution in [2.75, 3.05) is 26.8 Å². The van der Waals surface area contributed by atoms with E-state index in [0.717, 1.165) is 12.1 Å². The van der Waals surface area contributed by atoms with Crippen molar-refractivity contribution >= 4 is 23.2 Å². The molecule has 0 bridgehead atoms. The van der Waals surface area contributed by atoms with Crippen LogP contribution in [-0.4, -0.2) is 31.7 Å². The van der Waals surface area contributed by atoms with E-state index >= 15 is 0 Å². The zero-order valence-electron chi connectivity index (χ0n) is 13.1. The van der Waals surface area contributed by atoms with Gasteiger partial charge in [0, 0.05) is 19.2 Å². The molecule has 1 aromatic heterocycles. The van der Waals surface area contributed by atoms with Crippen molar-refractivity contribution in [3.05, 3.63) is 62.1 Å². The standard InChI is InChI=1S/C17H17Cl2NO4/c1-22-17-10-24-12(7-15(17)21)8-20-4-5-23-16(9-20)11-2-3-13(18)14(19)6-11/h2-3,6-7,10,16H,4-5,8-9H2,1H3/t16-/m0/s1. The van der Waals surface area contributed by atoms with Gasteiger partial charge in [0.1, 0.15) is 12.0 Å². The first-order valence-electron chi connectivity index (χ1n) is 7.51. The number of hydrogen-bond acceptors (Lipinski definition) is 5. The number of methoxy groups -OCH3 is 1. The predicted octanol–water partition coefficient (Wildman–Crippen LogP) is 3.53. The average molecular weight is 370 g/mol. The molecule has 1 aromatic carbocycles. The second kappa shape index (κ2) is 7.57. The second-order valence-electron chi connectivity index (χ2n) is 5.55. The smallest absolute Gasteiger partial charge is 0.227 e. The second-order valence-corrected chi connectivity index (χ2v) is 6.36. The van der Waals surface area contributed by atoms with E-state index < -0.39 is 0 Å². The van der Waals surface area contributed by atoms with Crippen molar-refractivity contribution in [2.45, 2.75) is 12.6 Å². The summed E-state index contributed by atoms with van der Waals surface area (Å²) < 4.78 is 16.2. The van der Waals surface area contributed by atoms with Gasteiger partial charge in [-0.1, -0.05) is 29.3 Å². The molecule has 0 radical (unpaired) electrons. The molecule has 2 heterocycles. The third kappa shape index (κ3) is 3.92. The van der Waals surface area contributed by atoms with Crippen LogP contribution in [0.2, 0.25) is 10.0 Å². The molecular formula is C17H17Cl2NO4. The molecule has 3 rings (SSSR count). The van der Waals surface area contributed by atoms with E-state index in [9.17, 15) is 4.79 Å². The molecule has 0 N–H and O–H groups in total. The minimum Gasteiger partial charge on any atom is -0.490 e. The molecule has 0 saturated carbocycles. The molecule has 0 amide bonds. The van der Waals surface area contributed by atoms with Crippen molar-refractivity contribution in [2.24, 2.45) is 0 Å². The van der Waals surface area contributed by atoms with Crippen molar-refractivity contribution in [1.82, 2.24) is 4.90 Å². The summed E-state index contributed by atoms with van der Waals surface area (Å²) >= 11 is 12.0. The Morgan fingerprint density at radius 3 is 2.83 bits per heavy atom. The summed E-state index contributed by atoms with van der Waals surface area (Å²) in [5.41, 5.74) is 0.790. The van der Waals surface area contributed by atoms with Gasteiger partial charge < -0.3 is 13.9 Å². The molecule has 128 valence electrons. The molecule has 5 nitrogen and oxygen atoms in total. The van der Waals surface area contributed by atoms with E-state index in [-0.39, 0.29) is 17.3 Å². The van der Waals surface area contributed by atoms with Gasteiger partial charge >= 0.3 is 0 Å². The summed E-state index contributed by atoms with van der Waals surface area (Å²) in [6, 6.07) is 6.97. The molecular weight excluding hydrogens is 353 g/mol. The van der Waals surface area contributed by atoms with Gasteiger partial charge in [-0.05, 0) is 17.7 Å². The molecule has 0 aliphatic carbocycles. The molecule has 7 heteroatoms. The normalized spacial score (nSPS) is 18.5. The maximum Gasteiger partial charge on any atom is 0.227 e. The highest BCUT2D eigenvalue weighted by Crippen LogP contribution is 2.29. The molecule has 1 atom stereocenters. The third-order valence-corrected chi connectivity index (χ3v) is 4.66. The van der Waals surface area contributed by atoms with Gasteiger partial charge in [-0.3, -0.25) is 9.69 Å². The topological polar surface area (TPSA) is 51.9 Å². The lowest BCUT2D eigenvalue weighted by Crippen LogP contribution is -2.37. The van der Waals surface area contributed by atoms with Crippen LogP contribution in [0.3, 0.4) is 0 Å². The first-order chi connectivity index (χ1) is 11.6. The molecule has 0 unspecified atom stereocenters. The summed E-state index contributed by atoms with van der Waals surface area (Å²) in [5, 5.41) is 1.03. The van der Waals surface area contributed by atoms with Gasteiger partial charge in [0.25, 0.3) is 0 Å². The Bertz CT molecular complexity index is 777. The monoisotopic (exact) mass is 369 g/mol. The van der Waals surface area contributed by atoms with E-state index in [1.54, 1.807) is 6.07 Å². The maximum absolute atomic E-state index is 11.8. The van der Waals surface area contributed by atoms with Crippen LogP contribution in [0.15, 0.2) is 39.7 Å². The predicted molar refractivity (Wildman–Crippen MR) is 92.0 cm³/mol. The van der Waals surface area contributed by atoms with Crippen LogP contribution >= 0.6 is 23.2 Å². The number of rotatable bonds is 4. The Labute approximate surface area is 149 Å². The Morgan fingerprint density at radius 2 is 2.12 bits per heavy atom. The van der Waals surface area contributed by atoms with Crippen LogP contribution in [0.1, 0.15) is 17.4 Å². The molecule has 24 heavy (non-hydrogen) atoms. The lowest BCUT2D eigenvalue weighted by Gasteiger charge is -2.32. The van der Waals surface area contributed by atoms with Crippen LogP contribution in [0, 0.1) is 0 Å². The molecule has 1 aliphatic heterocycles. The first-order valence-corrected chi connectivity index (χ1v) is 8.27. The van der Waals surface area contributed by atoms with E-state index in [4.69, 9.17) is 37.1 Å². The summed E-state index contributed by atoms with van der Waals surface area (Å²) in [6.07, 6.45) is 1.24. The van der Waals surface area contributed by atoms with Gasteiger partial charge in [-0.15, -0.1) is 0 Å². The fourth-order valence-corrected chi connectivity index (χ4v) is 2.96. The van der Waals surface area contributed by atoms with Crippen LogP contribution < -0.4 is 10.2 Å². The highest BCUT2D eigenvalue weighted by molar-refractivity contribution is 6.42. The Kier molecular flexibility index (Phi) is 5.46. The van der Waals surface area contributed by atoms with Crippen molar-refractivity contribution in [3.8, 4) is 5.75 Å². The van der Waals surface area contributed by atoms with Crippen molar-refractivity contribution in [3.63, 3.8) is 0 Å². The SMILES string of the molecule is COc1coc(CN2CCO[C@H](c3ccc(Cl)c(Cl)c3)C2)cc1=O. The minimum absolute atomic E-state index is 0.0986. The zero-order chi connectivity index (χ0) is 17.1. The average Bonchev–Trinajstić information content (AvgIpc) is 2.58. The lowest BCUT2D eigenvalue weighted by atomic mass is 10.1. The van der Waals surface area contributed by atoms with Crippen molar-refractivity contribution < 1.29 is 13.9 Å². The molecule has 0 spiro atoms. The first kappa shape index (κ1) is 17.3. The van der Waals surface area contributed by atoms with Crippen LogP contribution in [0.4, 0.5) is 0 Å². The van der Waals surface area contributed by atoms with Gasteiger partial charge in [0.15, 0.2) is 0 Å². The van der Waals surface area contributed by atoms with E-state index in [2.05, 4.69) is 4.90 Å². The van der Waals surface area contributed by atoms with Gasteiger partial charge in [0.05, 0.1) is 36.4 Å². The Balaban J connectivity index is 1.70. The minimum atomic E-state index is -0.187. The number of hydrogen-bond donors (Lipinski definition) is 0. The fraction of sp³-hybridized carbons (Fsp3) is 0.353. The summed E-state index contributed by atoms with van der Waals surface area (Å²) in [4.78, 5) is 14.0. The fourth-order valence-electron chi connectivity index (χ4n) is 2.65. The van der Waals surface area contributed by atoms with Crippen LogP contribution in [0.25, 0.3) is 0 Å². The van der Waals surface area contributed by atoms with Crippen LogP contribution in [0.5, 0.6) is 5.75 Å². The molecule has 2 aromatic rings. The highest BCUT2D eigenvalue weighted by Gasteiger charge is 2.23. The number of ether oxygens (including phenoxy) is 2. The number of morpholine rings is 1. The van der Waals surface area contributed by atoms with Gasteiger partial charge in [0.2, 0.25) is 11.2 Å². The van der Waals surface area contributed by atoms with Crippen LogP contribution in [-0.2, 0) is 11.3 Å². The molecule has 1 fully saturated rings. The summed E-state index contributed by atoms with van der Waals surface area (Å²) in [6.45, 7) is 2.55. The Morgan fingerprint density at radius 1 is 1.29 bits per heavy atom. The third-order valence-electron chi connectivity index (χ3n) is 3.92. The van der Waals surface area contributed by atoms with E-state index in [1.165, 1.54) is 19.4 Å². The van der Waals surface area contributed by atoms with Gasteiger partial charge in [-0.2, -0.15) is 0 Å². The van der Waals surface area contributed by atoms with Gasteiger partial charge in [-0.25, -0.2) is 0 Å². The number of benzene rings is 1. The van der Waals surface area contributed by atoms with E-state index in [0.29, 0.717) is 35.5 Å². The van der Waals surface area contributed by atoms with Crippen molar-refractivity contribution in [1.29, 1.82) is 0 Å². The zero-order valence-corrected chi connectivity index (χ0v) is 14.6. The largest absolute Gasteiger partial charge is 0.490 e. The highest BCUT2D eigenvalue weighted by atomic mass is 35.5. The summed E-state index contributed by atoms with van der Waals surface area (Å²) in [7, 11) is 1.44.